The Labute approximate surface area is 134 Å². The van der Waals surface area contributed by atoms with Crippen LogP contribution in [0, 0.1) is 0 Å². The summed E-state index contributed by atoms with van der Waals surface area (Å²) in [6, 6.07) is 0. The van der Waals surface area contributed by atoms with Gasteiger partial charge in [-0.2, -0.15) is 0 Å². The van der Waals surface area contributed by atoms with E-state index in [9.17, 15) is 0 Å². The van der Waals surface area contributed by atoms with Crippen LogP contribution in [0.1, 0.15) is 90.9 Å². The summed E-state index contributed by atoms with van der Waals surface area (Å²) in [6.07, 6.45) is 19.6. The van der Waals surface area contributed by atoms with E-state index in [1.165, 1.54) is 89.4 Å². The molecular formula is C18H40ClP. The van der Waals surface area contributed by atoms with Gasteiger partial charge >= 0.3 is 120 Å². The van der Waals surface area contributed by atoms with Gasteiger partial charge in [-0.05, 0) is 0 Å². The van der Waals surface area contributed by atoms with Crippen LogP contribution in [0.5, 0.6) is 0 Å². The third kappa shape index (κ3) is 13.7. The van der Waals surface area contributed by atoms with Gasteiger partial charge in [-0.3, -0.25) is 0 Å². The molecule has 2 heteroatoms. The first-order chi connectivity index (χ1) is 9.39. The Kier molecular flexibility index (Phi) is 11.7. The number of unbranched alkanes of at least 4 members (excludes halogenated alkanes) is 11. The van der Waals surface area contributed by atoms with E-state index < -0.39 is 5.96 Å². The summed E-state index contributed by atoms with van der Waals surface area (Å²) in [5.74, 6) is -1.76. The molecule has 0 aliphatic rings. The zero-order valence-electron chi connectivity index (χ0n) is 14.7. The number of hydrogen-bond donors (Lipinski definition) is 0. The second kappa shape index (κ2) is 11.3. The number of rotatable bonds is 14. The molecule has 0 aromatic carbocycles. The fourth-order valence-electron chi connectivity index (χ4n) is 2.60. The molecule has 0 radical (unpaired) electrons. The second-order valence-corrected chi connectivity index (χ2v) is 17.0. The summed E-state index contributed by atoms with van der Waals surface area (Å²) < 4.78 is 0. The van der Waals surface area contributed by atoms with E-state index in [4.69, 9.17) is 11.2 Å². The van der Waals surface area contributed by atoms with Crippen LogP contribution in [-0.2, 0) is 0 Å². The van der Waals surface area contributed by atoms with E-state index in [1.807, 2.05) is 0 Å². The van der Waals surface area contributed by atoms with Gasteiger partial charge in [0.2, 0.25) is 0 Å². The topological polar surface area (TPSA) is 0 Å². The Bertz CT molecular complexity index is 217. The Balaban J connectivity index is 3.22. The molecule has 0 fully saturated rings. The Morgan fingerprint density at radius 1 is 0.600 bits per heavy atom. The van der Waals surface area contributed by atoms with Gasteiger partial charge in [0, 0.05) is 0 Å². The quantitative estimate of drug-likeness (QED) is 0.227. The van der Waals surface area contributed by atoms with Gasteiger partial charge in [-0.25, -0.2) is 0 Å². The molecule has 0 aromatic heterocycles. The first-order valence-corrected chi connectivity index (χ1v) is 13.5. The average molecular weight is 323 g/mol. The predicted octanol–water partition coefficient (Wildman–Crippen LogP) is 7.67. The molecule has 0 saturated heterocycles. The zero-order valence-corrected chi connectivity index (χ0v) is 16.4. The first-order valence-electron chi connectivity index (χ1n) is 9.11. The van der Waals surface area contributed by atoms with Crippen LogP contribution in [-0.4, -0.2) is 25.7 Å². The van der Waals surface area contributed by atoms with Crippen LogP contribution in [0.2, 0.25) is 0 Å². The van der Waals surface area contributed by atoms with E-state index in [0.29, 0.717) is 0 Å². The molecule has 20 heavy (non-hydrogen) atoms. The molecule has 0 heterocycles. The number of hydrogen-bond acceptors (Lipinski definition) is 0. The van der Waals surface area contributed by atoms with Gasteiger partial charge in [0.25, 0.3) is 0 Å². The molecular weight excluding hydrogens is 283 g/mol. The monoisotopic (exact) mass is 322 g/mol. The third-order valence-electron chi connectivity index (χ3n) is 4.68. The summed E-state index contributed by atoms with van der Waals surface area (Å²) in [6.45, 7) is 9.19. The van der Waals surface area contributed by atoms with Crippen LogP contribution in [0.25, 0.3) is 0 Å². The Morgan fingerprint density at radius 2 is 0.950 bits per heavy atom. The minimum absolute atomic E-state index is 1.19. The van der Waals surface area contributed by atoms with Crippen molar-refractivity contribution < 1.29 is 0 Å². The van der Waals surface area contributed by atoms with E-state index in [-0.39, 0.29) is 0 Å². The molecule has 0 saturated carbocycles. The van der Waals surface area contributed by atoms with Crippen LogP contribution in [0.15, 0.2) is 0 Å². The maximum absolute atomic E-state index is 6.74. The second-order valence-electron chi connectivity index (χ2n) is 7.44. The predicted molar refractivity (Wildman–Crippen MR) is 101 cm³/mol. The van der Waals surface area contributed by atoms with Gasteiger partial charge in [0.05, 0.1) is 0 Å². The molecule has 0 atom stereocenters. The van der Waals surface area contributed by atoms with Crippen LogP contribution in [0.3, 0.4) is 0 Å². The normalized spacial score (nSPS) is 14.2. The maximum atomic E-state index is 6.74. The molecule has 0 rings (SSSR count). The number of halogens is 1. The fourth-order valence-corrected chi connectivity index (χ4v) is 4.47. The summed E-state index contributed by atoms with van der Waals surface area (Å²) in [4.78, 5) is 0. The van der Waals surface area contributed by atoms with E-state index in [2.05, 4.69) is 27.2 Å². The molecule has 0 aliphatic carbocycles. The summed E-state index contributed by atoms with van der Waals surface area (Å²) >= 11 is 6.74. The van der Waals surface area contributed by atoms with Crippen molar-refractivity contribution in [3.8, 4) is 0 Å². The van der Waals surface area contributed by atoms with E-state index >= 15 is 0 Å². The molecule has 0 aliphatic heterocycles. The van der Waals surface area contributed by atoms with E-state index in [0.717, 1.165) is 0 Å². The van der Waals surface area contributed by atoms with E-state index in [1.54, 1.807) is 0 Å². The van der Waals surface area contributed by atoms with Gasteiger partial charge in [-0.1, -0.05) is 13.3 Å². The molecule has 124 valence electrons. The van der Waals surface area contributed by atoms with Gasteiger partial charge in [0.15, 0.2) is 0 Å². The molecule has 0 bridgehead atoms. The van der Waals surface area contributed by atoms with Crippen LogP contribution in [0.4, 0.5) is 0 Å². The van der Waals surface area contributed by atoms with Crippen molar-refractivity contribution in [1.29, 1.82) is 0 Å². The van der Waals surface area contributed by atoms with Gasteiger partial charge in [-0.15, -0.1) is 0 Å². The fraction of sp³-hybridized carbons (Fsp3) is 1.00. The van der Waals surface area contributed by atoms with Crippen molar-refractivity contribution in [2.75, 3.05) is 25.7 Å². The molecule has 0 aromatic rings. The van der Waals surface area contributed by atoms with Crippen molar-refractivity contribution in [3.05, 3.63) is 0 Å². The van der Waals surface area contributed by atoms with Crippen molar-refractivity contribution in [1.82, 2.24) is 0 Å². The first kappa shape index (κ1) is 20.7. The Hall–Kier alpha value is 0.720. The third-order valence-corrected chi connectivity index (χ3v) is 9.55. The Morgan fingerprint density at radius 3 is 1.30 bits per heavy atom. The zero-order chi connectivity index (χ0) is 15.3. The molecule has 0 amide bonds. The average Bonchev–Trinajstić information content (AvgIpc) is 2.40. The standard InChI is InChI=1S/C18H40ClP/c1-5-7-8-9-10-11-12-13-14-15-16-17-18-20(3,4,19)6-2/h5-18H2,1-4H3. The van der Waals surface area contributed by atoms with Crippen molar-refractivity contribution in [3.63, 3.8) is 0 Å². The van der Waals surface area contributed by atoms with Gasteiger partial charge < -0.3 is 0 Å². The minimum atomic E-state index is -1.76. The van der Waals surface area contributed by atoms with Crippen molar-refractivity contribution in [2.45, 2.75) is 90.9 Å². The molecule has 0 unspecified atom stereocenters. The SMILES string of the molecule is CCCCCCCCCCCCCCP(C)(C)(Cl)CC. The molecule has 0 spiro atoms. The summed E-state index contributed by atoms with van der Waals surface area (Å²) in [5.41, 5.74) is 0. The summed E-state index contributed by atoms with van der Waals surface area (Å²) in [5, 5.41) is 0. The van der Waals surface area contributed by atoms with Crippen LogP contribution >= 0.6 is 17.2 Å². The van der Waals surface area contributed by atoms with Crippen LogP contribution < -0.4 is 0 Å². The van der Waals surface area contributed by atoms with Crippen molar-refractivity contribution >= 4 is 17.2 Å². The van der Waals surface area contributed by atoms with Crippen molar-refractivity contribution in [2.24, 2.45) is 0 Å². The summed E-state index contributed by atoms with van der Waals surface area (Å²) in [7, 11) is 0. The molecule has 0 nitrogen and oxygen atoms in total. The molecule has 0 N–H and O–H groups in total. The van der Waals surface area contributed by atoms with Gasteiger partial charge in [0.1, 0.15) is 0 Å².